The van der Waals surface area contributed by atoms with Crippen LogP contribution in [-0.4, -0.2) is 37.1 Å². The van der Waals surface area contributed by atoms with Gasteiger partial charge >= 0.3 is 0 Å². The van der Waals surface area contributed by atoms with Crippen molar-refractivity contribution >= 4 is 33.4 Å². The maximum Gasteiger partial charge on any atom is 0.257 e. The van der Waals surface area contributed by atoms with Crippen LogP contribution in [0.25, 0.3) is 0 Å². The molecule has 180 valence electrons. The van der Waals surface area contributed by atoms with E-state index in [0.29, 0.717) is 0 Å². The molecule has 3 aromatic carbocycles. The number of hydrogen-bond acceptors (Lipinski definition) is 5. The molecule has 0 aromatic heterocycles. The summed E-state index contributed by atoms with van der Waals surface area (Å²) >= 11 is 0. The maximum absolute atomic E-state index is 13.4. The number of hydrogen-bond donors (Lipinski definition) is 1. The minimum absolute atomic E-state index is 0.0910. The van der Waals surface area contributed by atoms with Crippen molar-refractivity contribution in [1.29, 1.82) is 0 Å². The van der Waals surface area contributed by atoms with Crippen LogP contribution in [0.15, 0.2) is 83.8 Å². The molecule has 1 aliphatic rings. The van der Waals surface area contributed by atoms with Crippen LogP contribution in [0.2, 0.25) is 0 Å². The lowest BCUT2D eigenvalue weighted by atomic mass is 10.1. The zero-order chi connectivity index (χ0) is 25.2. The normalized spacial score (nSPS) is 15.9. The van der Waals surface area contributed by atoms with E-state index >= 15 is 0 Å². The highest BCUT2D eigenvalue weighted by atomic mass is 32.2. The molecule has 1 saturated heterocycles. The van der Waals surface area contributed by atoms with E-state index in [2.05, 4.69) is 0 Å². The van der Waals surface area contributed by atoms with Gasteiger partial charge in [0.15, 0.2) is 0 Å². The van der Waals surface area contributed by atoms with E-state index in [0.717, 1.165) is 21.6 Å². The number of amides is 3. The van der Waals surface area contributed by atoms with Crippen molar-refractivity contribution in [3.63, 3.8) is 0 Å². The fourth-order valence-electron chi connectivity index (χ4n) is 4.05. The van der Waals surface area contributed by atoms with Gasteiger partial charge in [0.25, 0.3) is 5.91 Å². The van der Waals surface area contributed by atoms with E-state index in [4.69, 9.17) is 5.14 Å². The number of anilines is 1. The first kappa shape index (κ1) is 24.3. The summed E-state index contributed by atoms with van der Waals surface area (Å²) in [6, 6.07) is 21.1. The molecular weight excluding hydrogens is 466 g/mol. The van der Waals surface area contributed by atoms with Gasteiger partial charge in [0.05, 0.1) is 23.4 Å². The summed E-state index contributed by atoms with van der Waals surface area (Å²) < 4.78 is 23.1. The van der Waals surface area contributed by atoms with Gasteiger partial charge in [-0.05, 0) is 42.3 Å². The zero-order valence-corrected chi connectivity index (χ0v) is 19.9. The van der Waals surface area contributed by atoms with E-state index in [1.807, 2.05) is 61.5 Å². The highest BCUT2D eigenvalue weighted by Gasteiger charge is 2.44. The minimum Gasteiger partial charge on any atom is -0.325 e. The fourth-order valence-corrected chi connectivity index (χ4v) is 4.57. The van der Waals surface area contributed by atoms with Crippen molar-refractivity contribution < 1.29 is 22.8 Å². The molecule has 3 aromatic rings. The molecule has 0 radical (unpaired) electrons. The number of carbonyl (C=O) groups is 3. The smallest absolute Gasteiger partial charge is 0.257 e. The molecule has 35 heavy (non-hydrogen) atoms. The monoisotopic (exact) mass is 491 g/mol. The van der Waals surface area contributed by atoms with E-state index in [1.54, 1.807) is 0 Å². The molecule has 3 amide bonds. The summed E-state index contributed by atoms with van der Waals surface area (Å²) in [6.45, 7) is 2.13. The Balaban J connectivity index is 1.63. The molecule has 8 nitrogen and oxygen atoms in total. The van der Waals surface area contributed by atoms with Crippen LogP contribution < -0.4 is 10.0 Å². The van der Waals surface area contributed by atoms with Crippen molar-refractivity contribution in [3.8, 4) is 0 Å². The second-order valence-corrected chi connectivity index (χ2v) is 10.1. The number of aryl methyl sites for hydroxylation is 1. The average molecular weight is 492 g/mol. The molecule has 4 rings (SSSR count). The van der Waals surface area contributed by atoms with E-state index in [9.17, 15) is 22.8 Å². The Morgan fingerprint density at radius 3 is 2.17 bits per heavy atom. The first-order chi connectivity index (χ1) is 16.6. The van der Waals surface area contributed by atoms with Gasteiger partial charge in [0.2, 0.25) is 21.8 Å². The first-order valence-corrected chi connectivity index (χ1v) is 12.6. The summed E-state index contributed by atoms with van der Waals surface area (Å²) in [7, 11) is -3.91. The Morgan fingerprint density at radius 2 is 1.57 bits per heavy atom. The lowest BCUT2D eigenvalue weighted by Crippen LogP contribution is -2.45. The van der Waals surface area contributed by atoms with Gasteiger partial charge in [-0.2, -0.15) is 0 Å². The van der Waals surface area contributed by atoms with Crippen LogP contribution in [0.3, 0.4) is 0 Å². The third-order valence-electron chi connectivity index (χ3n) is 5.91. The van der Waals surface area contributed by atoms with Crippen LogP contribution >= 0.6 is 0 Å². The maximum atomic E-state index is 13.4. The summed E-state index contributed by atoms with van der Waals surface area (Å²) in [5.74, 6) is -1.27. The summed E-state index contributed by atoms with van der Waals surface area (Å²) in [5, 5.41) is 5.14. The number of primary sulfonamides is 1. The SMILES string of the molecule is Cc1ccc(CN(C(=O)Cc2ccccc2)C2CC(=O)N(c3ccc(S(N)(=O)=O)cc3)C2=O)cc1. The molecule has 1 unspecified atom stereocenters. The zero-order valence-electron chi connectivity index (χ0n) is 19.1. The molecule has 2 N–H and O–H groups in total. The van der Waals surface area contributed by atoms with Gasteiger partial charge in [0.1, 0.15) is 6.04 Å². The molecule has 0 saturated carbocycles. The number of sulfonamides is 1. The Hall–Kier alpha value is -3.82. The standard InChI is InChI=1S/C26H25N3O5S/c1-18-7-9-20(10-8-18)17-28(24(30)15-19-5-3-2-4-6-19)23-16-25(31)29(26(23)32)21-11-13-22(14-12-21)35(27,33)34/h2-14,23H,15-17H2,1H3,(H2,27,33,34). The highest BCUT2D eigenvalue weighted by Crippen LogP contribution is 2.28. The number of benzene rings is 3. The van der Waals surface area contributed by atoms with E-state index < -0.39 is 27.9 Å². The quantitative estimate of drug-likeness (QED) is 0.510. The van der Waals surface area contributed by atoms with Crippen molar-refractivity contribution in [3.05, 3.63) is 95.6 Å². The summed E-state index contributed by atoms with van der Waals surface area (Å²) in [4.78, 5) is 42.0. The Labute approximate surface area is 204 Å². The molecule has 1 heterocycles. The van der Waals surface area contributed by atoms with E-state index in [-0.39, 0.29) is 35.9 Å². The van der Waals surface area contributed by atoms with Gasteiger partial charge in [-0.25, -0.2) is 18.5 Å². The number of carbonyl (C=O) groups excluding carboxylic acids is 3. The molecule has 1 atom stereocenters. The molecule has 9 heteroatoms. The molecule has 0 bridgehead atoms. The Bertz CT molecular complexity index is 1350. The lowest BCUT2D eigenvalue weighted by molar-refractivity contribution is -0.138. The van der Waals surface area contributed by atoms with Crippen molar-refractivity contribution in [2.45, 2.75) is 37.2 Å². The number of rotatable bonds is 7. The van der Waals surface area contributed by atoms with Gasteiger partial charge in [0, 0.05) is 6.54 Å². The molecule has 0 aliphatic carbocycles. The lowest BCUT2D eigenvalue weighted by Gasteiger charge is -2.28. The number of imide groups is 1. The topological polar surface area (TPSA) is 118 Å². The predicted molar refractivity (Wildman–Crippen MR) is 131 cm³/mol. The molecule has 0 spiro atoms. The first-order valence-electron chi connectivity index (χ1n) is 11.0. The number of nitrogens with zero attached hydrogens (tertiary/aromatic N) is 2. The van der Waals surface area contributed by atoms with Gasteiger partial charge in [-0.15, -0.1) is 0 Å². The van der Waals surface area contributed by atoms with Crippen molar-refractivity contribution in [1.82, 2.24) is 4.90 Å². The molecule has 1 fully saturated rings. The van der Waals surface area contributed by atoms with Crippen LogP contribution in [0.1, 0.15) is 23.1 Å². The molecular formula is C26H25N3O5S. The summed E-state index contributed by atoms with van der Waals surface area (Å²) in [6.07, 6.45) is -0.0735. The minimum atomic E-state index is -3.91. The van der Waals surface area contributed by atoms with Crippen LogP contribution in [0.4, 0.5) is 5.69 Å². The number of nitrogens with two attached hydrogens (primary N) is 1. The highest BCUT2D eigenvalue weighted by molar-refractivity contribution is 7.89. The second-order valence-electron chi connectivity index (χ2n) is 8.50. The second kappa shape index (κ2) is 9.81. The fraction of sp³-hybridized carbons (Fsp3) is 0.192. The van der Waals surface area contributed by atoms with Gasteiger partial charge in [-0.1, -0.05) is 60.2 Å². The largest absolute Gasteiger partial charge is 0.325 e. The van der Waals surface area contributed by atoms with Crippen molar-refractivity contribution in [2.24, 2.45) is 5.14 Å². The third kappa shape index (κ3) is 5.47. The third-order valence-corrected chi connectivity index (χ3v) is 6.84. The molecule has 1 aliphatic heterocycles. The van der Waals surface area contributed by atoms with Crippen LogP contribution in [0.5, 0.6) is 0 Å². The van der Waals surface area contributed by atoms with Crippen molar-refractivity contribution in [2.75, 3.05) is 4.90 Å². The summed E-state index contributed by atoms with van der Waals surface area (Å²) in [5.41, 5.74) is 2.93. The average Bonchev–Trinajstić information content (AvgIpc) is 3.12. The van der Waals surface area contributed by atoms with Crippen LogP contribution in [-0.2, 0) is 37.4 Å². The van der Waals surface area contributed by atoms with Gasteiger partial charge in [-0.3, -0.25) is 14.4 Å². The van der Waals surface area contributed by atoms with Crippen LogP contribution in [0, 0.1) is 6.92 Å². The Kier molecular flexibility index (Phi) is 6.81. The Morgan fingerprint density at radius 1 is 0.943 bits per heavy atom. The van der Waals surface area contributed by atoms with Gasteiger partial charge < -0.3 is 4.90 Å². The van der Waals surface area contributed by atoms with E-state index in [1.165, 1.54) is 29.2 Å². The predicted octanol–water partition coefficient (Wildman–Crippen LogP) is 2.55.